The van der Waals surface area contributed by atoms with Gasteiger partial charge in [0.15, 0.2) is 0 Å². The van der Waals surface area contributed by atoms with Gasteiger partial charge in [0.1, 0.15) is 5.69 Å². The van der Waals surface area contributed by atoms with Crippen molar-refractivity contribution in [1.82, 2.24) is 15.2 Å². The SMILES string of the molecule is NC(=O)NN=Cc1cn(-c2ccccc2)nc1-c1ccc2ccccc2c1. The first-order valence-electron chi connectivity index (χ1n) is 8.43. The van der Waals surface area contributed by atoms with E-state index in [0.29, 0.717) is 0 Å². The van der Waals surface area contributed by atoms with Crippen LogP contribution in [0.5, 0.6) is 0 Å². The summed E-state index contributed by atoms with van der Waals surface area (Å²) >= 11 is 0. The Morgan fingerprint density at radius 1 is 1.00 bits per heavy atom. The lowest BCUT2D eigenvalue weighted by Gasteiger charge is -2.03. The molecule has 3 aromatic carbocycles. The van der Waals surface area contributed by atoms with Crippen molar-refractivity contribution in [3.8, 4) is 16.9 Å². The smallest absolute Gasteiger partial charge is 0.332 e. The van der Waals surface area contributed by atoms with Crippen LogP contribution >= 0.6 is 0 Å². The molecule has 27 heavy (non-hydrogen) atoms. The van der Waals surface area contributed by atoms with Crippen molar-refractivity contribution in [3.05, 3.63) is 84.6 Å². The second-order valence-electron chi connectivity index (χ2n) is 6.01. The number of primary amides is 1. The summed E-state index contributed by atoms with van der Waals surface area (Å²) in [4.78, 5) is 10.9. The van der Waals surface area contributed by atoms with Crippen LogP contribution in [0.3, 0.4) is 0 Å². The minimum absolute atomic E-state index is 0.714. The van der Waals surface area contributed by atoms with Crippen molar-refractivity contribution in [3.63, 3.8) is 0 Å². The molecule has 0 aliphatic heterocycles. The Labute approximate surface area is 155 Å². The van der Waals surface area contributed by atoms with Gasteiger partial charge >= 0.3 is 6.03 Å². The molecule has 3 N–H and O–H groups in total. The van der Waals surface area contributed by atoms with E-state index in [-0.39, 0.29) is 0 Å². The van der Waals surface area contributed by atoms with Gasteiger partial charge in [-0.05, 0) is 29.0 Å². The van der Waals surface area contributed by atoms with E-state index in [0.717, 1.165) is 33.3 Å². The second kappa shape index (κ2) is 7.13. The van der Waals surface area contributed by atoms with Crippen molar-refractivity contribution in [1.29, 1.82) is 0 Å². The van der Waals surface area contributed by atoms with Crippen molar-refractivity contribution in [2.75, 3.05) is 0 Å². The van der Waals surface area contributed by atoms with Crippen LogP contribution in [0.1, 0.15) is 5.56 Å². The molecule has 0 aliphatic carbocycles. The van der Waals surface area contributed by atoms with Gasteiger partial charge in [-0.25, -0.2) is 14.9 Å². The molecule has 0 saturated carbocycles. The lowest BCUT2D eigenvalue weighted by atomic mass is 10.0. The summed E-state index contributed by atoms with van der Waals surface area (Å²) in [7, 11) is 0. The van der Waals surface area contributed by atoms with Gasteiger partial charge in [0.2, 0.25) is 0 Å². The number of nitrogens with two attached hydrogens (primary N) is 1. The molecule has 0 spiro atoms. The highest BCUT2D eigenvalue weighted by Gasteiger charge is 2.12. The quantitative estimate of drug-likeness (QED) is 0.432. The Morgan fingerprint density at radius 2 is 1.74 bits per heavy atom. The summed E-state index contributed by atoms with van der Waals surface area (Å²) in [6.07, 6.45) is 3.41. The molecular formula is C21H17N5O. The highest BCUT2D eigenvalue weighted by atomic mass is 16.2. The molecule has 0 atom stereocenters. The molecule has 4 rings (SSSR count). The first kappa shape index (κ1) is 16.5. The van der Waals surface area contributed by atoms with Crippen LogP contribution in [0, 0.1) is 0 Å². The average molecular weight is 355 g/mol. The van der Waals surface area contributed by atoms with Gasteiger partial charge in [0.05, 0.1) is 11.9 Å². The monoisotopic (exact) mass is 355 g/mol. The van der Waals surface area contributed by atoms with Crippen LogP contribution in [0.25, 0.3) is 27.7 Å². The Hall–Kier alpha value is -3.93. The maximum absolute atomic E-state index is 10.9. The van der Waals surface area contributed by atoms with Crippen LogP contribution in [0.15, 0.2) is 84.1 Å². The standard InChI is InChI=1S/C21H17N5O/c22-21(27)24-23-13-18-14-26(19-8-2-1-3-9-19)25-20(18)17-11-10-15-6-4-5-7-16(15)12-17/h1-14H,(H3,22,24,27). The summed E-state index contributed by atoms with van der Waals surface area (Å²) in [6.45, 7) is 0. The highest BCUT2D eigenvalue weighted by Crippen LogP contribution is 2.26. The fourth-order valence-corrected chi connectivity index (χ4v) is 2.92. The predicted molar refractivity (Wildman–Crippen MR) is 107 cm³/mol. The molecule has 0 fully saturated rings. The summed E-state index contributed by atoms with van der Waals surface area (Å²) < 4.78 is 1.79. The first-order valence-corrected chi connectivity index (χ1v) is 8.43. The van der Waals surface area contributed by atoms with Crippen molar-refractivity contribution in [2.24, 2.45) is 10.8 Å². The van der Waals surface area contributed by atoms with E-state index in [2.05, 4.69) is 34.8 Å². The highest BCUT2D eigenvalue weighted by molar-refractivity contribution is 5.93. The molecule has 132 valence electrons. The minimum atomic E-state index is -0.714. The third-order valence-electron chi connectivity index (χ3n) is 4.16. The number of nitrogens with zero attached hydrogens (tertiary/aromatic N) is 3. The number of aromatic nitrogens is 2. The normalized spacial score (nSPS) is 11.1. The number of amides is 2. The van der Waals surface area contributed by atoms with E-state index in [1.807, 2.05) is 54.7 Å². The number of urea groups is 1. The van der Waals surface area contributed by atoms with Crippen molar-refractivity contribution < 1.29 is 4.79 Å². The molecule has 0 bridgehead atoms. The molecule has 2 amide bonds. The Morgan fingerprint density at radius 3 is 2.52 bits per heavy atom. The van der Waals surface area contributed by atoms with Gasteiger partial charge in [-0.2, -0.15) is 10.2 Å². The third-order valence-corrected chi connectivity index (χ3v) is 4.16. The number of carbonyl (C=O) groups is 1. The molecule has 6 heteroatoms. The van der Waals surface area contributed by atoms with E-state index < -0.39 is 6.03 Å². The van der Waals surface area contributed by atoms with E-state index in [9.17, 15) is 4.79 Å². The lowest BCUT2D eigenvalue weighted by molar-refractivity contribution is 0.249. The number of benzene rings is 3. The zero-order valence-corrected chi connectivity index (χ0v) is 14.4. The van der Waals surface area contributed by atoms with Crippen molar-refractivity contribution in [2.45, 2.75) is 0 Å². The maximum Gasteiger partial charge on any atom is 0.332 e. The van der Waals surface area contributed by atoms with Gasteiger partial charge in [-0.1, -0.05) is 54.6 Å². The number of nitrogens with one attached hydrogen (secondary N) is 1. The third kappa shape index (κ3) is 3.55. The fraction of sp³-hybridized carbons (Fsp3) is 0. The van der Waals surface area contributed by atoms with Crippen molar-refractivity contribution >= 4 is 23.0 Å². The second-order valence-corrected chi connectivity index (χ2v) is 6.01. The van der Waals surface area contributed by atoms with Crippen LogP contribution in [-0.4, -0.2) is 22.0 Å². The number of rotatable bonds is 4. The fourth-order valence-electron chi connectivity index (χ4n) is 2.92. The first-order chi connectivity index (χ1) is 13.2. The largest absolute Gasteiger partial charge is 0.350 e. The molecule has 0 saturated heterocycles. The molecule has 6 nitrogen and oxygen atoms in total. The van der Waals surface area contributed by atoms with Crippen LogP contribution in [0.4, 0.5) is 4.79 Å². The zero-order valence-electron chi connectivity index (χ0n) is 14.4. The average Bonchev–Trinajstić information content (AvgIpc) is 3.12. The van der Waals surface area contributed by atoms with Gasteiger partial charge in [0, 0.05) is 17.3 Å². The molecule has 1 heterocycles. The van der Waals surface area contributed by atoms with Gasteiger partial charge in [-0.15, -0.1) is 0 Å². The Bertz CT molecular complexity index is 1130. The van der Waals surface area contributed by atoms with Gasteiger partial charge in [-0.3, -0.25) is 0 Å². The Balaban J connectivity index is 1.82. The lowest BCUT2D eigenvalue weighted by Crippen LogP contribution is -2.24. The van der Waals surface area contributed by atoms with Gasteiger partial charge < -0.3 is 5.73 Å². The minimum Gasteiger partial charge on any atom is -0.350 e. The molecule has 4 aromatic rings. The zero-order chi connectivity index (χ0) is 18.6. The van der Waals surface area contributed by atoms with Crippen LogP contribution in [0.2, 0.25) is 0 Å². The van der Waals surface area contributed by atoms with E-state index in [4.69, 9.17) is 10.8 Å². The molecule has 0 unspecified atom stereocenters. The van der Waals surface area contributed by atoms with E-state index >= 15 is 0 Å². The summed E-state index contributed by atoms with van der Waals surface area (Å²) in [6, 6.07) is 23.4. The summed E-state index contributed by atoms with van der Waals surface area (Å²) in [5.41, 5.74) is 10.7. The van der Waals surface area contributed by atoms with E-state index in [1.54, 1.807) is 10.9 Å². The number of hydrogen-bond donors (Lipinski definition) is 2. The molecular weight excluding hydrogens is 338 g/mol. The number of carbonyl (C=O) groups excluding carboxylic acids is 1. The van der Waals surface area contributed by atoms with E-state index in [1.165, 1.54) is 0 Å². The van der Waals surface area contributed by atoms with Crippen LogP contribution < -0.4 is 11.2 Å². The molecule has 0 aliphatic rings. The molecule has 0 radical (unpaired) electrons. The molecule has 1 aromatic heterocycles. The number of hydrazone groups is 1. The number of fused-ring (bicyclic) bond motifs is 1. The number of para-hydroxylation sites is 1. The predicted octanol–water partition coefficient (Wildman–Crippen LogP) is 3.69. The summed E-state index contributed by atoms with van der Waals surface area (Å²) in [5.74, 6) is 0. The van der Waals surface area contributed by atoms with Gasteiger partial charge in [0.25, 0.3) is 0 Å². The summed E-state index contributed by atoms with van der Waals surface area (Å²) in [5, 5.41) is 10.9. The van der Waals surface area contributed by atoms with Crippen LogP contribution in [-0.2, 0) is 0 Å². The number of hydrogen-bond acceptors (Lipinski definition) is 3. The Kier molecular flexibility index (Phi) is 4.37. The maximum atomic E-state index is 10.9. The topological polar surface area (TPSA) is 85.3 Å².